The van der Waals surface area contributed by atoms with Crippen LogP contribution in [-0.4, -0.2) is 23.3 Å². The molecule has 1 aromatic rings. The summed E-state index contributed by atoms with van der Waals surface area (Å²) in [6, 6.07) is 0. The van der Waals surface area contributed by atoms with E-state index in [4.69, 9.17) is 11.6 Å². The molecule has 0 spiro atoms. The SMILES string of the molecule is C[C@@H]1CCN(c2cn[nH]c(=O)c2Cl)C1. The van der Waals surface area contributed by atoms with Crippen LogP contribution < -0.4 is 10.5 Å². The van der Waals surface area contributed by atoms with Crippen LogP contribution in [0.5, 0.6) is 0 Å². The molecule has 2 heterocycles. The highest BCUT2D eigenvalue weighted by molar-refractivity contribution is 6.33. The Bertz CT molecular complexity index is 390. The first-order valence-corrected chi connectivity index (χ1v) is 5.04. The van der Waals surface area contributed by atoms with Crippen LogP contribution in [0, 0.1) is 5.92 Å². The maximum atomic E-state index is 11.2. The number of halogens is 1. The van der Waals surface area contributed by atoms with Crippen molar-refractivity contribution in [3.8, 4) is 0 Å². The summed E-state index contributed by atoms with van der Waals surface area (Å²) in [5.41, 5.74) is 0.434. The molecule has 0 aromatic carbocycles. The molecule has 0 unspecified atom stereocenters. The van der Waals surface area contributed by atoms with Crippen LogP contribution in [0.4, 0.5) is 5.69 Å². The number of nitrogens with one attached hydrogen (secondary N) is 1. The van der Waals surface area contributed by atoms with Crippen molar-refractivity contribution in [2.24, 2.45) is 5.92 Å². The Hall–Kier alpha value is -1.03. The monoisotopic (exact) mass is 213 g/mol. The smallest absolute Gasteiger partial charge is 0.285 e. The van der Waals surface area contributed by atoms with E-state index in [1.807, 2.05) is 0 Å². The van der Waals surface area contributed by atoms with Crippen LogP contribution in [0.3, 0.4) is 0 Å². The lowest BCUT2D eigenvalue weighted by Crippen LogP contribution is -2.23. The zero-order valence-corrected chi connectivity index (χ0v) is 8.71. The van der Waals surface area contributed by atoms with E-state index in [0.717, 1.165) is 25.2 Å². The summed E-state index contributed by atoms with van der Waals surface area (Å²) in [5, 5.41) is 6.31. The Morgan fingerprint density at radius 1 is 1.71 bits per heavy atom. The van der Waals surface area contributed by atoms with Crippen LogP contribution in [0.25, 0.3) is 0 Å². The molecular formula is C9H12ClN3O. The molecule has 1 fully saturated rings. The van der Waals surface area contributed by atoms with E-state index in [0.29, 0.717) is 5.92 Å². The summed E-state index contributed by atoms with van der Waals surface area (Å²) < 4.78 is 0. The summed E-state index contributed by atoms with van der Waals surface area (Å²) >= 11 is 5.90. The van der Waals surface area contributed by atoms with Gasteiger partial charge in [-0.25, -0.2) is 5.10 Å². The molecule has 0 radical (unpaired) electrons. The quantitative estimate of drug-likeness (QED) is 0.765. The fourth-order valence-corrected chi connectivity index (χ4v) is 1.96. The van der Waals surface area contributed by atoms with Gasteiger partial charge < -0.3 is 4.90 Å². The van der Waals surface area contributed by atoms with E-state index in [-0.39, 0.29) is 10.6 Å². The first kappa shape index (κ1) is 9.52. The minimum absolute atomic E-state index is 0.245. The molecule has 5 heteroatoms. The number of aromatic amines is 1. The van der Waals surface area contributed by atoms with E-state index in [2.05, 4.69) is 22.0 Å². The number of hydrogen-bond donors (Lipinski definition) is 1. The lowest BCUT2D eigenvalue weighted by Gasteiger charge is -2.17. The van der Waals surface area contributed by atoms with Crippen molar-refractivity contribution in [3.05, 3.63) is 21.6 Å². The van der Waals surface area contributed by atoms with Gasteiger partial charge >= 0.3 is 0 Å². The number of anilines is 1. The van der Waals surface area contributed by atoms with E-state index >= 15 is 0 Å². The zero-order valence-electron chi connectivity index (χ0n) is 7.96. The molecule has 1 N–H and O–H groups in total. The highest BCUT2D eigenvalue weighted by Crippen LogP contribution is 2.26. The van der Waals surface area contributed by atoms with Gasteiger partial charge in [-0.2, -0.15) is 5.10 Å². The minimum atomic E-state index is -0.316. The van der Waals surface area contributed by atoms with Crippen molar-refractivity contribution < 1.29 is 0 Å². The molecule has 2 rings (SSSR count). The van der Waals surface area contributed by atoms with E-state index in [1.54, 1.807) is 6.20 Å². The number of nitrogens with zero attached hydrogens (tertiary/aromatic N) is 2. The second-order valence-electron chi connectivity index (χ2n) is 3.74. The standard InChI is InChI=1S/C9H12ClN3O/c1-6-2-3-13(5-6)7-4-11-12-9(14)8(7)10/h4,6H,2-3,5H2,1H3,(H,12,14)/t6-/m1/s1. The number of H-pyrrole nitrogens is 1. The molecule has 0 bridgehead atoms. The van der Waals surface area contributed by atoms with Gasteiger partial charge in [-0.1, -0.05) is 18.5 Å². The first-order chi connectivity index (χ1) is 6.68. The Labute approximate surface area is 86.9 Å². The van der Waals surface area contributed by atoms with Gasteiger partial charge in [0.25, 0.3) is 5.56 Å². The van der Waals surface area contributed by atoms with E-state index < -0.39 is 0 Å². The molecule has 1 aromatic heterocycles. The van der Waals surface area contributed by atoms with Gasteiger partial charge in [0, 0.05) is 13.1 Å². The van der Waals surface area contributed by atoms with Gasteiger partial charge in [-0.05, 0) is 12.3 Å². The maximum Gasteiger partial charge on any atom is 0.285 e. The van der Waals surface area contributed by atoms with Gasteiger partial charge in [0.05, 0.1) is 11.9 Å². The van der Waals surface area contributed by atoms with Gasteiger partial charge in [0.1, 0.15) is 5.02 Å². The van der Waals surface area contributed by atoms with Gasteiger partial charge in [0.2, 0.25) is 0 Å². The fourth-order valence-electron chi connectivity index (χ4n) is 1.75. The van der Waals surface area contributed by atoms with Crippen LogP contribution in [-0.2, 0) is 0 Å². The van der Waals surface area contributed by atoms with Crippen molar-refractivity contribution in [3.63, 3.8) is 0 Å². The summed E-state index contributed by atoms with van der Waals surface area (Å²) in [5.74, 6) is 0.658. The second kappa shape index (κ2) is 3.61. The summed E-state index contributed by atoms with van der Waals surface area (Å²) in [4.78, 5) is 13.3. The Kier molecular flexibility index (Phi) is 2.46. The molecule has 1 aliphatic heterocycles. The zero-order chi connectivity index (χ0) is 10.1. The van der Waals surface area contributed by atoms with Crippen LogP contribution in [0.15, 0.2) is 11.0 Å². The van der Waals surface area contributed by atoms with Crippen molar-refractivity contribution in [2.75, 3.05) is 18.0 Å². The third kappa shape index (κ3) is 1.62. The van der Waals surface area contributed by atoms with Crippen molar-refractivity contribution in [1.82, 2.24) is 10.2 Å². The van der Waals surface area contributed by atoms with E-state index in [9.17, 15) is 4.79 Å². The Morgan fingerprint density at radius 3 is 3.14 bits per heavy atom. The predicted octanol–water partition coefficient (Wildman–Crippen LogP) is 1.27. The van der Waals surface area contributed by atoms with Crippen LogP contribution in [0.1, 0.15) is 13.3 Å². The van der Waals surface area contributed by atoms with Crippen molar-refractivity contribution in [1.29, 1.82) is 0 Å². The Morgan fingerprint density at radius 2 is 2.50 bits per heavy atom. The minimum Gasteiger partial charge on any atom is -0.369 e. The Balaban J connectivity index is 2.33. The lowest BCUT2D eigenvalue weighted by molar-refractivity contribution is 0.659. The van der Waals surface area contributed by atoms with Crippen LogP contribution in [0.2, 0.25) is 5.02 Å². The third-order valence-corrected chi connectivity index (χ3v) is 2.91. The van der Waals surface area contributed by atoms with Crippen molar-refractivity contribution in [2.45, 2.75) is 13.3 Å². The maximum absolute atomic E-state index is 11.2. The fraction of sp³-hybridized carbons (Fsp3) is 0.556. The predicted molar refractivity (Wildman–Crippen MR) is 55.9 cm³/mol. The summed E-state index contributed by atoms with van der Waals surface area (Å²) in [7, 11) is 0. The van der Waals surface area contributed by atoms with E-state index in [1.165, 1.54) is 0 Å². The molecule has 14 heavy (non-hydrogen) atoms. The third-order valence-electron chi connectivity index (χ3n) is 2.54. The number of aromatic nitrogens is 2. The molecule has 1 atom stereocenters. The van der Waals surface area contributed by atoms with Gasteiger partial charge in [0.15, 0.2) is 0 Å². The van der Waals surface area contributed by atoms with Crippen LogP contribution >= 0.6 is 11.6 Å². The highest BCUT2D eigenvalue weighted by Gasteiger charge is 2.21. The molecule has 4 nitrogen and oxygen atoms in total. The molecule has 76 valence electrons. The molecule has 0 amide bonds. The second-order valence-corrected chi connectivity index (χ2v) is 4.12. The molecule has 0 aliphatic carbocycles. The van der Waals surface area contributed by atoms with Gasteiger partial charge in [-0.3, -0.25) is 4.79 Å². The largest absolute Gasteiger partial charge is 0.369 e. The van der Waals surface area contributed by atoms with Gasteiger partial charge in [-0.15, -0.1) is 0 Å². The first-order valence-electron chi connectivity index (χ1n) is 4.66. The number of rotatable bonds is 1. The highest BCUT2D eigenvalue weighted by atomic mass is 35.5. The van der Waals surface area contributed by atoms with Crippen molar-refractivity contribution >= 4 is 17.3 Å². The molecular weight excluding hydrogens is 202 g/mol. The summed E-state index contributed by atoms with van der Waals surface area (Å²) in [6.07, 6.45) is 2.75. The molecule has 1 saturated heterocycles. The average molecular weight is 214 g/mol. The normalized spacial score (nSPS) is 21.6. The topological polar surface area (TPSA) is 49.0 Å². The molecule has 0 saturated carbocycles. The molecule has 1 aliphatic rings. The average Bonchev–Trinajstić information content (AvgIpc) is 2.57. The summed E-state index contributed by atoms with van der Waals surface area (Å²) in [6.45, 7) is 4.09. The lowest BCUT2D eigenvalue weighted by atomic mass is 10.2. The number of hydrogen-bond acceptors (Lipinski definition) is 3.